The lowest BCUT2D eigenvalue weighted by Crippen LogP contribution is -2.47. The zero-order valence-electron chi connectivity index (χ0n) is 19.6. The predicted molar refractivity (Wildman–Crippen MR) is 122 cm³/mol. The van der Waals surface area contributed by atoms with Gasteiger partial charge in [-0.25, -0.2) is 4.79 Å². The van der Waals surface area contributed by atoms with E-state index in [0.717, 1.165) is 19.3 Å². The van der Waals surface area contributed by atoms with Gasteiger partial charge in [-0.1, -0.05) is 43.7 Å². The van der Waals surface area contributed by atoms with Crippen LogP contribution in [0.5, 0.6) is 0 Å². The summed E-state index contributed by atoms with van der Waals surface area (Å²) in [5, 5.41) is 11.1. The summed E-state index contributed by atoms with van der Waals surface area (Å²) in [6.07, 6.45) is 1.09. The van der Waals surface area contributed by atoms with Crippen molar-refractivity contribution in [2.45, 2.75) is 58.6 Å². The molecular formula is C24H32N4O5. The van der Waals surface area contributed by atoms with Gasteiger partial charge in [-0.2, -0.15) is 0 Å². The molecule has 1 unspecified atom stereocenters. The largest absolute Gasteiger partial charge is 0.462 e. The number of carbonyl (C=O) groups excluding carboxylic acids is 3. The van der Waals surface area contributed by atoms with E-state index >= 15 is 0 Å². The van der Waals surface area contributed by atoms with Crippen LogP contribution in [-0.2, 0) is 19.1 Å². The normalized spacial score (nSPS) is 19.3. The van der Waals surface area contributed by atoms with Crippen molar-refractivity contribution in [3.63, 3.8) is 0 Å². The standard InChI is InChI=1S/C24H32N4O5/c1-15(29)32-14-18(16-9-6-5-7-10-16)33-22(31)28-13-17(19(25)23(28,2)3)20(26)27-21(30)24(4)11-8-12-24/h5-7,9-10,18H,8,11-14,25H2,1-4H3,(H2,26,27,30). The van der Waals surface area contributed by atoms with Gasteiger partial charge in [0.1, 0.15) is 12.4 Å². The molecule has 2 aliphatic rings. The molecule has 1 aliphatic heterocycles. The van der Waals surface area contributed by atoms with E-state index in [1.54, 1.807) is 38.1 Å². The molecule has 1 aliphatic carbocycles. The average molecular weight is 457 g/mol. The lowest BCUT2D eigenvalue weighted by Gasteiger charge is -2.36. The number of nitrogens with two attached hydrogens (primary N) is 1. The zero-order valence-corrected chi connectivity index (χ0v) is 19.6. The number of ether oxygens (including phenoxy) is 2. The molecule has 0 radical (unpaired) electrons. The number of rotatable bonds is 6. The monoisotopic (exact) mass is 456 g/mol. The Bertz CT molecular complexity index is 982. The lowest BCUT2D eigenvalue weighted by atomic mass is 9.70. The quantitative estimate of drug-likeness (QED) is 0.342. The van der Waals surface area contributed by atoms with Crippen molar-refractivity contribution in [3.8, 4) is 0 Å². The molecule has 0 aromatic heterocycles. The molecule has 4 N–H and O–H groups in total. The molecule has 0 spiro atoms. The number of nitrogens with zero attached hydrogens (tertiary/aromatic N) is 1. The highest BCUT2D eigenvalue weighted by Crippen LogP contribution is 2.40. The Kier molecular flexibility index (Phi) is 6.81. The summed E-state index contributed by atoms with van der Waals surface area (Å²) in [4.78, 5) is 38.5. The van der Waals surface area contributed by atoms with Gasteiger partial charge in [0, 0.05) is 23.6 Å². The van der Waals surface area contributed by atoms with Gasteiger partial charge in [0.2, 0.25) is 5.91 Å². The Labute approximate surface area is 193 Å². The van der Waals surface area contributed by atoms with Crippen molar-refractivity contribution < 1.29 is 23.9 Å². The second kappa shape index (κ2) is 9.25. The molecule has 1 saturated carbocycles. The zero-order chi connectivity index (χ0) is 24.4. The number of benzene rings is 1. The number of hydrogen-bond donors (Lipinski definition) is 3. The van der Waals surface area contributed by atoms with Crippen LogP contribution in [-0.4, -0.2) is 47.4 Å². The van der Waals surface area contributed by atoms with Crippen molar-refractivity contribution in [3.05, 3.63) is 47.2 Å². The predicted octanol–water partition coefficient (Wildman–Crippen LogP) is 3.02. The fraction of sp³-hybridized carbons (Fsp3) is 0.500. The van der Waals surface area contributed by atoms with Crippen molar-refractivity contribution in [1.29, 1.82) is 5.41 Å². The Morgan fingerprint density at radius 3 is 2.36 bits per heavy atom. The number of esters is 1. The fourth-order valence-corrected chi connectivity index (χ4v) is 3.98. The van der Waals surface area contributed by atoms with Gasteiger partial charge in [-0.3, -0.25) is 19.9 Å². The van der Waals surface area contributed by atoms with E-state index in [-0.39, 0.29) is 24.9 Å². The van der Waals surface area contributed by atoms with Gasteiger partial charge in [-0.05, 0) is 32.3 Å². The SMILES string of the molecule is CC(=O)OCC(OC(=O)N1CC(C(=N)NC(=O)C2(C)CCC2)=C(N)C1(C)C)c1ccccc1. The number of amidine groups is 1. The third-order valence-corrected chi connectivity index (χ3v) is 6.59. The van der Waals surface area contributed by atoms with E-state index in [1.165, 1.54) is 11.8 Å². The van der Waals surface area contributed by atoms with Crippen LogP contribution in [0.25, 0.3) is 0 Å². The van der Waals surface area contributed by atoms with Crippen LogP contribution in [0.4, 0.5) is 4.79 Å². The number of nitrogens with one attached hydrogen (secondary N) is 2. The van der Waals surface area contributed by atoms with Gasteiger partial charge < -0.3 is 20.5 Å². The Morgan fingerprint density at radius 2 is 1.82 bits per heavy atom. The van der Waals surface area contributed by atoms with Crippen LogP contribution in [0, 0.1) is 10.8 Å². The molecule has 1 aromatic carbocycles. The smallest absolute Gasteiger partial charge is 0.411 e. The first-order chi connectivity index (χ1) is 15.5. The first kappa shape index (κ1) is 24.3. The van der Waals surface area contributed by atoms with Gasteiger partial charge in [0.15, 0.2) is 6.10 Å². The summed E-state index contributed by atoms with van der Waals surface area (Å²) in [6.45, 7) is 6.56. The minimum atomic E-state index is -0.938. The fourth-order valence-electron chi connectivity index (χ4n) is 3.98. The maximum Gasteiger partial charge on any atom is 0.411 e. The van der Waals surface area contributed by atoms with E-state index in [2.05, 4.69) is 5.32 Å². The molecule has 1 fully saturated rings. The molecule has 1 heterocycles. The van der Waals surface area contributed by atoms with Crippen molar-refractivity contribution in [2.24, 2.45) is 11.1 Å². The van der Waals surface area contributed by atoms with Crippen molar-refractivity contribution >= 4 is 23.8 Å². The second-order valence-electron chi connectivity index (χ2n) is 9.37. The van der Waals surface area contributed by atoms with E-state index in [0.29, 0.717) is 16.8 Å². The van der Waals surface area contributed by atoms with Gasteiger partial charge >= 0.3 is 12.1 Å². The summed E-state index contributed by atoms with van der Waals surface area (Å²) in [6, 6.07) is 8.99. The number of carbonyl (C=O) groups is 3. The highest BCUT2D eigenvalue weighted by atomic mass is 16.6. The highest BCUT2D eigenvalue weighted by molar-refractivity contribution is 6.08. The number of amides is 2. The Morgan fingerprint density at radius 1 is 1.18 bits per heavy atom. The van der Waals surface area contributed by atoms with E-state index in [4.69, 9.17) is 20.6 Å². The summed E-state index contributed by atoms with van der Waals surface area (Å²) < 4.78 is 10.8. The van der Waals surface area contributed by atoms with Gasteiger partial charge in [-0.15, -0.1) is 0 Å². The third kappa shape index (κ3) is 5.02. The third-order valence-electron chi connectivity index (χ3n) is 6.59. The summed E-state index contributed by atoms with van der Waals surface area (Å²) in [7, 11) is 0. The topological polar surface area (TPSA) is 135 Å². The lowest BCUT2D eigenvalue weighted by molar-refractivity contribution is -0.144. The van der Waals surface area contributed by atoms with Crippen molar-refractivity contribution in [1.82, 2.24) is 10.2 Å². The molecule has 1 aromatic rings. The maximum absolute atomic E-state index is 13.2. The minimum Gasteiger partial charge on any atom is -0.462 e. The molecule has 9 nitrogen and oxygen atoms in total. The first-order valence-corrected chi connectivity index (χ1v) is 11.0. The van der Waals surface area contributed by atoms with E-state index < -0.39 is 29.1 Å². The first-order valence-electron chi connectivity index (χ1n) is 11.0. The van der Waals surface area contributed by atoms with Crippen LogP contribution in [0.2, 0.25) is 0 Å². The second-order valence-corrected chi connectivity index (χ2v) is 9.37. The molecule has 0 bridgehead atoms. The molecular weight excluding hydrogens is 424 g/mol. The van der Waals surface area contributed by atoms with E-state index in [1.807, 2.05) is 13.0 Å². The average Bonchev–Trinajstić information content (AvgIpc) is 2.99. The van der Waals surface area contributed by atoms with Crippen LogP contribution in [0.3, 0.4) is 0 Å². The Balaban J connectivity index is 1.73. The van der Waals surface area contributed by atoms with Gasteiger partial charge in [0.25, 0.3) is 0 Å². The molecule has 2 amide bonds. The molecule has 0 saturated heterocycles. The minimum absolute atomic E-state index is 0.0164. The summed E-state index contributed by atoms with van der Waals surface area (Å²) >= 11 is 0. The van der Waals surface area contributed by atoms with E-state index in [9.17, 15) is 14.4 Å². The summed E-state index contributed by atoms with van der Waals surface area (Å²) in [5.74, 6) is -0.789. The Hall–Kier alpha value is -3.36. The van der Waals surface area contributed by atoms with Crippen LogP contribution >= 0.6 is 0 Å². The van der Waals surface area contributed by atoms with Crippen LogP contribution < -0.4 is 11.1 Å². The summed E-state index contributed by atoms with van der Waals surface area (Å²) in [5.41, 5.74) is 6.30. The molecule has 33 heavy (non-hydrogen) atoms. The molecule has 9 heteroatoms. The maximum atomic E-state index is 13.2. The number of hydrogen-bond acceptors (Lipinski definition) is 7. The van der Waals surface area contributed by atoms with Crippen molar-refractivity contribution in [2.75, 3.05) is 13.2 Å². The molecule has 1 atom stereocenters. The highest BCUT2D eigenvalue weighted by Gasteiger charge is 2.45. The van der Waals surface area contributed by atoms with Gasteiger partial charge in [0.05, 0.1) is 12.1 Å². The van der Waals surface area contributed by atoms with Crippen LogP contribution in [0.1, 0.15) is 58.6 Å². The molecule has 3 rings (SSSR count). The molecule has 178 valence electrons. The van der Waals surface area contributed by atoms with Crippen LogP contribution in [0.15, 0.2) is 41.6 Å².